The highest BCUT2D eigenvalue weighted by molar-refractivity contribution is 5.27. The van der Waals surface area contributed by atoms with Crippen LogP contribution >= 0.6 is 0 Å². The Balaban J connectivity index is 2.22. The number of benzene rings is 1. The van der Waals surface area contributed by atoms with E-state index in [-0.39, 0.29) is 17.9 Å². The predicted octanol–water partition coefficient (Wildman–Crippen LogP) is 4.28. The van der Waals surface area contributed by atoms with Gasteiger partial charge in [0.25, 0.3) is 5.89 Å². The van der Waals surface area contributed by atoms with E-state index in [1.54, 1.807) is 0 Å². The summed E-state index contributed by atoms with van der Waals surface area (Å²) >= 11 is 0. The van der Waals surface area contributed by atoms with E-state index in [1.165, 1.54) is 5.56 Å². The predicted molar refractivity (Wildman–Crippen MR) is 77.8 cm³/mol. The molecule has 1 heterocycles. The summed E-state index contributed by atoms with van der Waals surface area (Å²) in [6.07, 6.45) is -0.225. The number of aryl methyl sites for hydroxylation is 1. The van der Waals surface area contributed by atoms with Gasteiger partial charge in [-0.2, -0.15) is 4.98 Å². The molecule has 0 fully saturated rings. The Morgan fingerprint density at radius 3 is 2.45 bits per heavy atom. The van der Waals surface area contributed by atoms with E-state index in [1.807, 2.05) is 45.0 Å². The Morgan fingerprint density at radius 1 is 1.15 bits per heavy atom. The van der Waals surface area contributed by atoms with Gasteiger partial charge in [0.1, 0.15) is 5.75 Å². The van der Waals surface area contributed by atoms with Gasteiger partial charge in [0.05, 0.1) is 0 Å². The van der Waals surface area contributed by atoms with Gasteiger partial charge in [-0.15, -0.1) is 0 Å². The first-order chi connectivity index (χ1) is 9.47. The standard InChI is InChI=1S/C16H22N2O2/c1-10(2)14(16-17-15(11(3)4)18-20-16)19-13-8-6-7-12(5)9-13/h6-11,14H,1-5H3. The molecule has 0 N–H and O–H groups in total. The van der Waals surface area contributed by atoms with E-state index in [9.17, 15) is 0 Å². The molecule has 2 aromatic rings. The van der Waals surface area contributed by atoms with E-state index in [0.29, 0.717) is 5.89 Å². The Hall–Kier alpha value is -1.84. The Labute approximate surface area is 120 Å². The van der Waals surface area contributed by atoms with E-state index in [0.717, 1.165) is 11.6 Å². The second kappa shape index (κ2) is 6.07. The van der Waals surface area contributed by atoms with Crippen molar-refractivity contribution in [2.24, 2.45) is 5.92 Å². The first-order valence-corrected chi connectivity index (χ1v) is 7.04. The minimum Gasteiger partial charge on any atom is -0.480 e. The fourth-order valence-electron chi connectivity index (χ4n) is 1.90. The fraction of sp³-hybridized carbons (Fsp3) is 0.500. The van der Waals surface area contributed by atoms with Gasteiger partial charge >= 0.3 is 0 Å². The SMILES string of the molecule is Cc1cccc(OC(c2nc(C(C)C)no2)C(C)C)c1. The molecular weight excluding hydrogens is 252 g/mol. The quantitative estimate of drug-likeness (QED) is 0.816. The van der Waals surface area contributed by atoms with Crippen molar-refractivity contribution in [3.8, 4) is 5.75 Å². The normalized spacial score (nSPS) is 12.9. The van der Waals surface area contributed by atoms with Gasteiger partial charge in [0, 0.05) is 5.92 Å². The number of rotatable bonds is 5. The fourth-order valence-corrected chi connectivity index (χ4v) is 1.90. The maximum absolute atomic E-state index is 6.04. The summed E-state index contributed by atoms with van der Waals surface area (Å²) in [5.74, 6) is 2.59. The minimum atomic E-state index is -0.225. The number of hydrogen-bond acceptors (Lipinski definition) is 4. The lowest BCUT2D eigenvalue weighted by Gasteiger charge is -2.19. The lowest BCUT2D eigenvalue weighted by Crippen LogP contribution is -2.15. The van der Waals surface area contributed by atoms with E-state index in [4.69, 9.17) is 9.26 Å². The Bertz CT molecular complexity index is 561. The second-order valence-electron chi connectivity index (χ2n) is 5.74. The monoisotopic (exact) mass is 274 g/mol. The zero-order valence-electron chi connectivity index (χ0n) is 12.8. The summed E-state index contributed by atoms with van der Waals surface area (Å²) in [6, 6.07) is 7.98. The molecule has 0 spiro atoms. The Morgan fingerprint density at radius 2 is 1.90 bits per heavy atom. The van der Waals surface area contributed by atoms with Crippen molar-refractivity contribution in [3.05, 3.63) is 41.5 Å². The molecule has 0 saturated heterocycles. The summed E-state index contributed by atoms with van der Waals surface area (Å²) in [6.45, 7) is 10.3. The maximum atomic E-state index is 6.04. The zero-order valence-corrected chi connectivity index (χ0v) is 12.8. The Kier molecular flexibility index (Phi) is 4.42. The highest BCUT2D eigenvalue weighted by Crippen LogP contribution is 2.28. The lowest BCUT2D eigenvalue weighted by atomic mass is 10.1. The highest BCUT2D eigenvalue weighted by atomic mass is 16.5. The number of ether oxygens (including phenoxy) is 1. The third-order valence-corrected chi connectivity index (χ3v) is 3.08. The van der Waals surface area contributed by atoms with Crippen molar-refractivity contribution >= 4 is 0 Å². The largest absolute Gasteiger partial charge is 0.480 e. The van der Waals surface area contributed by atoms with Gasteiger partial charge in [-0.1, -0.05) is 45.0 Å². The van der Waals surface area contributed by atoms with E-state index in [2.05, 4.69) is 24.0 Å². The van der Waals surface area contributed by atoms with Crippen molar-refractivity contribution < 1.29 is 9.26 Å². The average molecular weight is 274 g/mol. The topological polar surface area (TPSA) is 48.2 Å². The van der Waals surface area contributed by atoms with Crippen LogP contribution in [-0.2, 0) is 0 Å². The average Bonchev–Trinajstić information content (AvgIpc) is 2.85. The van der Waals surface area contributed by atoms with Gasteiger partial charge in [0.15, 0.2) is 11.9 Å². The molecule has 2 rings (SSSR count). The number of nitrogens with zero attached hydrogens (tertiary/aromatic N) is 2. The minimum absolute atomic E-state index is 0.225. The third kappa shape index (κ3) is 3.38. The van der Waals surface area contributed by atoms with Crippen LogP contribution in [0.5, 0.6) is 5.75 Å². The summed E-state index contributed by atoms with van der Waals surface area (Å²) in [4.78, 5) is 4.45. The van der Waals surface area contributed by atoms with E-state index >= 15 is 0 Å². The molecule has 108 valence electrons. The van der Waals surface area contributed by atoms with Crippen LogP contribution in [0.1, 0.15) is 57.0 Å². The van der Waals surface area contributed by atoms with Crippen molar-refractivity contribution in [1.29, 1.82) is 0 Å². The summed E-state index contributed by atoms with van der Waals surface area (Å²) in [5, 5.41) is 4.01. The molecule has 4 nitrogen and oxygen atoms in total. The maximum Gasteiger partial charge on any atom is 0.267 e. The van der Waals surface area contributed by atoms with Crippen molar-refractivity contribution in [2.75, 3.05) is 0 Å². The van der Waals surface area contributed by atoms with Crippen LogP contribution in [0.25, 0.3) is 0 Å². The molecule has 4 heteroatoms. The molecule has 0 bridgehead atoms. The zero-order chi connectivity index (χ0) is 14.7. The molecule has 1 unspecified atom stereocenters. The first-order valence-electron chi connectivity index (χ1n) is 7.04. The van der Waals surface area contributed by atoms with Crippen LogP contribution in [0.2, 0.25) is 0 Å². The molecule has 20 heavy (non-hydrogen) atoms. The summed E-state index contributed by atoms with van der Waals surface area (Å²) in [5.41, 5.74) is 1.17. The van der Waals surface area contributed by atoms with Crippen LogP contribution in [0.3, 0.4) is 0 Å². The van der Waals surface area contributed by atoms with Crippen molar-refractivity contribution in [1.82, 2.24) is 10.1 Å². The number of hydrogen-bond donors (Lipinski definition) is 0. The van der Waals surface area contributed by atoms with Gasteiger partial charge in [-0.25, -0.2) is 0 Å². The molecule has 0 aliphatic heterocycles. The second-order valence-corrected chi connectivity index (χ2v) is 5.74. The molecule has 0 aliphatic carbocycles. The molecule has 0 aliphatic rings. The smallest absolute Gasteiger partial charge is 0.267 e. The van der Waals surface area contributed by atoms with Gasteiger partial charge < -0.3 is 9.26 Å². The van der Waals surface area contributed by atoms with Crippen LogP contribution in [-0.4, -0.2) is 10.1 Å². The molecule has 0 radical (unpaired) electrons. The summed E-state index contributed by atoms with van der Waals surface area (Å²) < 4.78 is 11.4. The molecule has 1 aromatic heterocycles. The van der Waals surface area contributed by atoms with Crippen LogP contribution < -0.4 is 4.74 Å². The van der Waals surface area contributed by atoms with Gasteiger partial charge in [-0.3, -0.25) is 0 Å². The van der Waals surface area contributed by atoms with Crippen LogP contribution in [0.4, 0.5) is 0 Å². The van der Waals surface area contributed by atoms with Crippen LogP contribution in [0, 0.1) is 12.8 Å². The van der Waals surface area contributed by atoms with Gasteiger partial charge in [0.2, 0.25) is 0 Å². The number of aromatic nitrogens is 2. The molecule has 0 saturated carbocycles. The lowest BCUT2D eigenvalue weighted by molar-refractivity contribution is 0.114. The molecule has 1 atom stereocenters. The van der Waals surface area contributed by atoms with Gasteiger partial charge in [-0.05, 0) is 30.5 Å². The van der Waals surface area contributed by atoms with Crippen molar-refractivity contribution in [3.63, 3.8) is 0 Å². The highest BCUT2D eigenvalue weighted by Gasteiger charge is 2.25. The first kappa shape index (κ1) is 14.6. The summed E-state index contributed by atoms with van der Waals surface area (Å²) in [7, 11) is 0. The molecule has 0 amide bonds. The van der Waals surface area contributed by atoms with E-state index < -0.39 is 0 Å². The third-order valence-electron chi connectivity index (χ3n) is 3.08. The molecule has 1 aromatic carbocycles. The van der Waals surface area contributed by atoms with Crippen molar-refractivity contribution in [2.45, 2.75) is 46.6 Å². The van der Waals surface area contributed by atoms with Crippen LogP contribution in [0.15, 0.2) is 28.8 Å². The molecular formula is C16H22N2O2.